The van der Waals surface area contributed by atoms with Gasteiger partial charge in [0.1, 0.15) is 11.7 Å². The standard InChI is InChI=1S/C18H22FN3O3S/c1-21-10-16(19)22-17(12-6-8-13(9-7-12)26(2,24)25)20-14-4-3-5-15(23)18(14,22)11-21/h6-10,14,17,20H,3-5,11H2,1-2H3. The van der Waals surface area contributed by atoms with E-state index in [-0.39, 0.29) is 16.7 Å². The highest BCUT2D eigenvalue weighted by atomic mass is 32.2. The van der Waals surface area contributed by atoms with Gasteiger partial charge in [-0.1, -0.05) is 12.1 Å². The van der Waals surface area contributed by atoms with Gasteiger partial charge in [-0.05, 0) is 30.5 Å². The molecule has 1 saturated carbocycles. The molecule has 4 rings (SSSR count). The Morgan fingerprint density at radius 1 is 1.27 bits per heavy atom. The Kier molecular flexibility index (Phi) is 3.89. The van der Waals surface area contributed by atoms with Gasteiger partial charge in [-0.15, -0.1) is 0 Å². The second kappa shape index (κ2) is 5.79. The number of hydrogen-bond acceptors (Lipinski definition) is 6. The first kappa shape index (κ1) is 17.5. The normalized spacial score (nSPS) is 31.5. The number of sulfone groups is 1. The third-order valence-electron chi connectivity index (χ3n) is 5.67. The molecule has 26 heavy (non-hydrogen) atoms. The number of nitrogens with one attached hydrogen (secondary N) is 1. The summed E-state index contributed by atoms with van der Waals surface area (Å²) in [6, 6.07) is 6.30. The number of rotatable bonds is 2. The molecule has 8 heteroatoms. The molecule has 1 aromatic carbocycles. The van der Waals surface area contributed by atoms with Crippen LogP contribution in [0.2, 0.25) is 0 Å². The molecule has 6 nitrogen and oxygen atoms in total. The third-order valence-corrected chi connectivity index (χ3v) is 6.80. The van der Waals surface area contributed by atoms with Crippen LogP contribution in [0.1, 0.15) is 31.0 Å². The van der Waals surface area contributed by atoms with Crippen molar-refractivity contribution < 1.29 is 17.6 Å². The highest BCUT2D eigenvalue weighted by Gasteiger charge is 2.61. The average molecular weight is 379 g/mol. The summed E-state index contributed by atoms with van der Waals surface area (Å²) in [5.74, 6) is -0.382. The molecule has 1 spiro atoms. The summed E-state index contributed by atoms with van der Waals surface area (Å²) in [5, 5.41) is 3.43. The maximum absolute atomic E-state index is 15.0. The van der Waals surface area contributed by atoms with Crippen molar-refractivity contribution in [2.45, 2.75) is 41.9 Å². The number of halogens is 1. The number of benzene rings is 1. The van der Waals surface area contributed by atoms with Crippen molar-refractivity contribution in [1.82, 2.24) is 15.1 Å². The molecule has 3 atom stereocenters. The van der Waals surface area contributed by atoms with E-state index in [1.54, 1.807) is 29.0 Å². The van der Waals surface area contributed by atoms with Crippen molar-refractivity contribution in [3.8, 4) is 0 Å². The Hall–Kier alpha value is -1.93. The van der Waals surface area contributed by atoms with Crippen molar-refractivity contribution in [3.05, 3.63) is 42.0 Å². The van der Waals surface area contributed by atoms with Gasteiger partial charge in [0.15, 0.2) is 15.6 Å². The fourth-order valence-corrected chi connectivity index (χ4v) is 5.17. The Balaban J connectivity index is 1.78. The van der Waals surface area contributed by atoms with Gasteiger partial charge in [0, 0.05) is 32.3 Å². The van der Waals surface area contributed by atoms with Crippen LogP contribution in [0.5, 0.6) is 0 Å². The van der Waals surface area contributed by atoms with E-state index in [9.17, 15) is 17.6 Å². The number of hydrogen-bond donors (Lipinski definition) is 1. The average Bonchev–Trinajstić information content (AvgIpc) is 2.91. The lowest BCUT2D eigenvalue weighted by Gasteiger charge is -2.48. The Labute approximate surface area is 152 Å². The van der Waals surface area contributed by atoms with Crippen molar-refractivity contribution in [2.24, 2.45) is 0 Å². The summed E-state index contributed by atoms with van der Waals surface area (Å²) in [7, 11) is -1.52. The minimum absolute atomic E-state index is 0.0617. The van der Waals surface area contributed by atoms with Gasteiger partial charge < -0.3 is 9.80 Å². The van der Waals surface area contributed by atoms with Crippen LogP contribution in [0.3, 0.4) is 0 Å². The van der Waals surface area contributed by atoms with E-state index in [0.717, 1.165) is 24.7 Å². The highest BCUT2D eigenvalue weighted by Crippen LogP contribution is 2.47. The molecule has 1 saturated heterocycles. The van der Waals surface area contributed by atoms with E-state index >= 15 is 0 Å². The van der Waals surface area contributed by atoms with Crippen molar-refractivity contribution >= 4 is 15.6 Å². The maximum Gasteiger partial charge on any atom is 0.208 e. The van der Waals surface area contributed by atoms with E-state index < -0.39 is 27.5 Å². The van der Waals surface area contributed by atoms with Crippen LogP contribution in [-0.2, 0) is 14.6 Å². The maximum atomic E-state index is 15.0. The molecule has 0 amide bonds. The zero-order chi connectivity index (χ0) is 18.7. The van der Waals surface area contributed by atoms with E-state index in [1.807, 2.05) is 0 Å². The van der Waals surface area contributed by atoms with Crippen LogP contribution in [0.4, 0.5) is 4.39 Å². The van der Waals surface area contributed by atoms with E-state index in [4.69, 9.17) is 0 Å². The molecule has 1 aromatic rings. The van der Waals surface area contributed by atoms with Crippen LogP contribution in [0, 0.1) is 0 Å². The molecule has 0 bridgehead atoms. The van der Waals surface area contributed by atoms with E-state index in [1.165, 1.54) is 18.3 Å². The summed E-state index contributed by atoms with van der Waals surface area (Å²) in [5.41, 5.74) is -0.168. The molecule has 1 aliphatic carbocycles. The van der Waals surface area contributed by atoms with Crippen LogP contribution in [0.15, 0.2) is 41.3 Å². The molecular weight excluding hydrogens is 357 g/mol. The first-order chi connectivity index (χ1) is 12.2. The molecule has 140 valence electrons. The summed E-state index contributed by atoms with van der Waals surface area (Å²) in [4.78, 5) is 16.4. The van der Waals surface area contributed by atoms with Crippen molar-refractivity contribution in [1.29, 1.82) is 0 Å². The highest BCUT2D eigenvalue weighted by molar-refractivity contribution is 7.90. The van der Waals surface area contributed by atoms with Gasteiger partial charge in [-0.25, -0.2) is 8.42 Å². The lowest BCUT2D eigenvalue weighted by molar-refractivity contribution is -0.135. The minimum atomic E-state index is -3.30. The summed E-state index contributed by atoms with van der Waals surface area (Å²) < 4.78 is 38.4. The molecule has 3 unspecified atom stereocenters. The molecule has 0 aromatic heterocycles. The Morgan fingerprint density at radius 2 is 1.96 bits per heavy atom. The fourth-order valence-electron chi connectivity index (χ4n) is 4.54. The predicted molar refractivity (Wildman–Crippen MR) is 94.5 cm³/mol. The largest absolute Gasteiger partial charge is 0.374 e. The molecule has 2 heterocycles. The smallest absolute Gasteiger partial charge is 0.208 e. The van der Waals surface area contributed by atoms with Crippen LogP contribution in [0.25, 0.3) is 0 Å². The summed E-state index contributed by atoms with van der Waals surface area (Å²) in [6.07, 6.45) is 4.12. The van der Waals surface area contributed by atoms with Gasteiger partial charge in [-0.2, -0.15) is 4.39 Å². The minimum Gasteiger partial charge on any atom is -0.374 e. The summed E-state index contributed by atoms with van der Waals surface area (Å²) in [6.45, 7) is 0.439. The second-order valence-corrected chi connectivity index (χ2v) is 9.46. The first-order valence-electron chi connectivity index (χ1n) is 8.70. The Morgan fingerprint density at radius 3 is 2.62 bits per heavy atom. The monoisotopic (exact) mass is 379 g/mol. The fraction of sp³-hybridized carbons (Fsp3) is 0.500. The number of carbonyl (C=O) groups excluding carboxylic acids is 1. The van der Waals surface area contributed by atoms with Gasteiger partial charge in [0.2, 0.25) is 5.95 Å². The first-order valence-corrected chi connectivity index (χ1v) is 10.6. The van der Waals surface area contributed by atoms with Crippen LogP contribution >= 0.6 is 0 Å². The number of nitrogens with zero attached hydrogens (tertiary/aromatic N) is 2. The van der Waals surface area contributed by atoms with Crippen molar-refractivity contribution in [3.63, 3.8) is 0 Å². The molecule has 1 N–H and O–H groups in total. The lowest BCUT2D eigenvalue weighted by Crippen LogP contribution is -2.65. The molecule has 2 fully saturated rings. The van der Waals surface area contributed by atoms with E-state index in [0.29, 0.717) is 13.0 Å². The zero-order valence-corrected chi connectivity index (χ0v) is 15.6. The van der Waals surface area contributed by atoms with Gasteiger partial charge in [-0.3, -0.25) is 10.1 Å². The Bertz CT molecular complexity index is 883. The van der Waals surface area contributed by atoms with Crippen LogP contribution in [-0.4, -0.2) is 55.4 Å². The SMILES string of the molecule is CN1C=C(F)N2C(c3ccc(S(C)(=O)=O)cc3)NC3CCCC(=O)C32C1. The van der Waals surface area contributed by atoms with E-state index in [2.05, 4.69) is 5.32 Å². The predicted octanol–water partition coefficient (Wildman–Crippen LogP) is 1.57. The molecular formula is C18H22FN3O3S. The van der Waals surface area contributed by atoms with Gasteiger partial charge >= 0.3 is 0 Å². The molecule has 0 radical (unpaired) electrons. The summed E-state index contributed by atoms with van der Waals surface area (Å²) >= 11 is 0. The third kappa shape index (κ3) is 2.46. The van der Waals surface area contributed by atoms with Gasteiger partial charge in [0.05, 0.1) is 11.1 Å². The van der Waals surface area contributed by atoms with Crippen molar-refractivity contribution in [2.75, 3.05) is 19.8 Å². The van der Waals surface area contributed by atoms with Crippen LogP contribution < -0.4 is 5.32 Å². The molecule has 2 aliphatic heterocycles. The number of ketones is 1. The zero-order valence-electron chi connectivity index (χ0n) is 14.8. The number of carbonyl (C=O) groups is 1. The topological polar surface area (TPSA) is 69.7 Å². The second-order valence-electron chi connectivity index (χ2n) is 7.44. The number of Topliss-reactive ketones (excluding diaryl/α,β-unsaturated/α-hetero) is 1. The van der Waals surface area contributed by atoms with Gasteiger partial charge in [0.25, 0.3) is 0 Å². The molecule has 3 aliphatic rings. The quantitative estimate of drug-likeness (QED) is 0.787. The number of likely N-dealkylation sites (N-methyl/N-ethyl adjacent to an activating group) is 1. The lowest BCUT2D eigenvalue weighted by atomic mass is 9.75.